The van der Waals surface area contributed by atoms with Gasteiger partial charge in [0.1, 0.15) is 0 Å². The Bertz CT molecular complexity index is 689. The Labute approximate surface area is 117 Å². The molecule has 0 saturated heterocycles. The molecule has 96 valence electrons. The molecule has 0 saturated carbocycles. The van der Waals surface area contributed by atoms with Gasteiger partial charge in [0.2, 0.25) is 0 Å². The molecule has 1 aromatic heterocycles. The van der Waals surface area contributed by atoms with Gasteiger partial charge >= 0.3 is 0 Å². The fraction of sp³-hybridized carbons (Fsp3) is 0. The molecule has 0 aliphatic rings. The number of rotatable bonds is 3. The lowest BCUT2D eigenvalue weighted by molar-refractivity contribution is 1.17. The van der Waals surface area contributed by atoms with E-state index >= 15 is 0 Å². The molecular weight excluding hydrogens is 246 g/mol. The number of aromatic nitrogens is 2. The summed E-state index contributed by atoms with van der Waals surface area (Å²) in [5.74, 6) is 0.712. The lowest BCUT2D eigenvalue weighted by Gasteiger charge is -1.99. The molecule has 0 N–H and O–H groups in total. The molecule has 3 rings (SSSR count). The van der Waals surface area contributed by atoms with Crippen molar-refractivity contribution in [3.8, 4) is 11.4 Å². The molecule has 0 radical (unpaired) electrons. The second-order valence-corrected chi connectivity index (χ2v) is 4.30. The van der Waals surface area contributed by atoms with Crippen molar-refractivity contribution in [1.29, 1.82) is 0 Å². The summed E-state index contributed by atoms with van der Waals surface area (Å²) in [4.78, 5) is 13.0. The van der Waals surface area contributed by atoms with Gasteiger partial charge in [0.05, 0.1) is 18.1 Å². The van der Waals surface area contributed by atoms with Crippen molar-refractivity contribution in [1.82, 2.24) is 9.97 Å². The van der Waals surface area contributed by atoms with Crippen LogP contribution in [-0.4, -0.2) is 16.2 Å². The summed E-state index contributed by atoms with van der Waals surface area (Å²) in [5, 5.41) is 0. The Hall–Kier alpha value is -2.81. The van der Waals surface area contributed by atoms with E-state index in [9.17, 15) is 0 Å². The van der Waals surface area contributed by atoms with Crippen LogP contribution >= 0.6 is 0 Å². The molecule has 0 unspecified atom stereocenters. The van der Waals surface area contributed by atoms with Crippen LogP contribution in [0.15, 0.2) is 78.0 Å². The van der Waals surface area contributed by atoms with Crippen molar-refractivity contribution in [2.75, 3.05) is 0 Å². The fourth-order valence-electron chi connectivity index (χ4n) is 1.81. The smallest absolute Gasteiger partial charge is 0.159 e. The molecule has 0 amide bonds. The maximum absolute atomic E-state index is 4.36. The predicted molar refractivity (Wildman–Crippen MR) is 81.2 cm³/mol. The first kappa shape index (κ1) is 12.2. The number of hydrogen-bond donors (Lipinski definition) is 0. The molecule has 0 aliphatic carbocycles. The Morgan fingerprint density at radius 1 is 0.750 bits per heavy atom. The monoisotopic (exact) mass is 259 g/mol. The first-order chi connectivity index (χ1) is 9.92. The van der Waals surface area contributed by atoms with Gasteiger partial charge in [-0.2, -0.15) is 0 Å². The maximum Gasteiger partial charge on any atom is 0.159 e. The van der Waals surface area contributed by atoms with Gasteiger partial charge in [-0.3, -0.25) is 4.99 Å². The van der Waals surface area contributed by atoms with Gasteiger partial charge in [0.25, 0.3) is 0 Å². The van der Waals surface area contributed by atoms with Gasteiger partial charge in [-0.1, -0.05) is 60.7 Å². The molecule has 0 bridgehead atoms. The minimum atomic E-state index is 0.712. The van der Waals surface area contributed by atoms with Crippen LogP contribution in [0.4, 0.5) is 5.69 Å². The highest BCUT2D eigenvalue weighted by molar-refractivity contribution is 5.81. The van der Waals surface area contributed by atoms with Crippen LogP contribution in [0.2, 0.25) is 0 Å². The highest BCUT2D eigenvalue weighted by Gasteiger charge is 1.99. The molecular formula is C17H13N3. The van der Waals surface area contributed by atoms with Crippen molar-refractivity contribution < 1.29 is 0 Å². The zero-order valence-corrected chi connectivity index (χ0v) is 10.8. The summed E-state index contributed by atoms with van der Waals surface area (Å²) in [6, 6.07) is 19.8. The van der Waals surface area contributed by atoms with E-state index in [4.69, 9.17) is 0 Å². The van der Waals surface area contributed by atoms with Crippen molar-refractivity contribution in [3.05, 3.63) is 78.6 Å². The number of nitrogens with zero attached hydrogens (tertiary/aromatic N) is 3. The molecule has 1 heterocycles. The molecule has 0 atom stereocenters. The van der Waals surface area contributed by atoms with Crippen LogP contribution in [-0.2, 0) is 0 Å². The first-order valence-electron chi connectivity index (χ1n) is 6.38. The molecule has 0 aliphatic heterocycles. The van der Waals surface area contributed by atoms with Crippen molar-refractivity contribution >= 4 is 11.9 Å². The minimum Gasteiger partial charge on any atom is -0.253 e. The first-order valence-corrected chi connectivity index (χ1v) is 6.38. The number of benzene rings is 2. The minimum absolute atomic E-state index is 0.712. The third-order valence-corrected chi connectivity index (χ3v) is 2.83. The Morgan fingerprint density at radius 3 is 2.00 bits per heavy atom. The van der Waals surface area contributed by atoms with Gasteiger partial charge in [-0.25, -0.2) is 9.97 Å². The van der Waals surface area contributed by atoms with E-state index in [1.807, 2.05) is 60.7 Å². The number of aliphatic imine (C=N–C) groups is 1. The second kappa shape index (κ2) is 5.89. The normalized spacial score (nSPS) is 10.8. The lowest BCUT2D eigenvalue weighted by atomic mass is 10.2. The Balaban J connectivity index is 1.79. The van der Waals surface area contributed by atoms with E-state index < -0.39 is 0 Å². The van der Waals surface area contributed by atoms with E-state index in [-0.39, 0.29) is 0 Å². The summed E-state index contributed by atoms with van der Waals surface area (Å²) < 4.78 is 0. The van der Waals surface area contributed by atoms with Gasteiger partial charge in [0.15, 0.2) is 5.82 Å². The van der Waals surface area contributed by atoms with Crippen molar-refractivity contribution in [3.63, 3.8) is 0 Å². The van der Waals surface area contributed by atoms with Gasteiger partial charge in [-0.15, -0.1) is 0 Å². The molecule has 0 spiro atoms. The second-order valence-electron chi connectivity index (χ2n) is 4.30. The Morgan fingerprint density at radius 2 is 1.35 bits per heavy atom. The molecule has 0 fully saturated rings. The van der Waals surface area contributed by atoms with E-state index in [0.717, 1.165) is 16.8 Å². The molecule has 3 heteroatoms. The highest BCUT2D eigenvalue weighted by atomic mass is 14.9. The molecule has 3 aromatic rings. The third kappa shape index (κ3) is 2.95. The quantitative estimate of drug-likeness (QED) is 0.669. The van der Waals surface area contributed by atoms with Crippen LogP contribution in [0.1, 0.15) is 5.56 Å². The molecule has 20 heavy (non-hydrogen) atoms. The van der Waals surface area contributed by atoms with E-state index in [2.05, 4.69) is 15.0 Å². The SMILES string of the molecule is C(=Nc1cnc(-c2ccccc2)nc1)c1ccccc1. The largest absolute Gasteiger partial charge is 0.253 e. The van der Waals surface area contributed by atoms with Crippen LogP contribution < -0.4 is 0 Å². The summed E-state index contributed by atoms with van der Waals surface area (Å²) in [6.45, 7) is 0. The fourth-order valence-corrected chi connectivity index (χ4v) is 1.81. The van der Waals surface area contributed by atoms with E-state index in [0.29, 0.717) is 5.82 Å². The summed E-state index contributed by atoms with van der Waals surface area (Å²) in [7, 11) is 0. The summed E-state index contributed by atoms with van der Waals surface area (Å²) in [6.07, 6.45) is 5.27. The van der Waals surface area contributed by atoms with Crippen LogP contribution in [0.5, 0.6) is 0 Å². The maximum atomic E-state index is 4.36. The highest BCUT2D eigenvalue weighted by Crippen LogP contribution is 2.16. The zero-order chi connectivity index (χ0) is 13.6. The van der Waals surface area contributed by atoms with Crippen molar-refractivity contribution in [2.45, 2.75) is 0 Å². The standard InChI is InChI=1S/C17H13N3/c1-3-7-14(8-4-1)11-18-16-12-19-17(20-13-16)15-9-5-2-6-10-15/h1-13H. The van der Waals surface area contributed by atoms with Crippen molar-refractivity contribution in [2.24, 2.45) is 4.99 Å². The van der Waals surface area contributed by atoms with Crippen LogP contribution in [0.3, 0.4) is 0 Å². The summed E-state index contributed by atoms with van der Waals surface area (Å²) in [5.41, 5.74) is 2.80. The molecule has 3 nitrogen and oxygen atoms in total. The number of hydrogen-bond acceptors (Lipinski definition) is 3. The Kier molecular flexibility index (Phi) is 3.60. The van der Waals surface area contributed by atoms with Crippen LogP contribution in [0.25, 0.3) is 11.4 Å². The zero-order valence-electron chi connectivity index (χ0n) is 10.8. The average Bonchev–Trinajstić information content (AvgIpc) is 2.55. The van der Waals surface area contributed by atoms with Gasteiger partial charge in [0, 0.05) is 11.8 Å². The average molecular weight is 259 g/mol. The van der Waals surface area contributed by atoms with E-state index in [1.165, 1.54) is 0 Å². The lowest BCUT2D eigenvalue weighted by Crippen LogP contribution is -1.87. The third-order valence-electron chi connectivity index (χ3n) is 2.83. The van der Waals surface area contributed by atoms with Gasteiger partial charge < -0.3 is 0 Å². The van der Waals surface area contributed by atoms with E-state index in [1.54, 1.807) is 18.6 Å². The van der Waals surface area contributed by atoms with Gasteiger partial charge in [-0.05, 0) is 5.56 Å². The molecule has 2 aromatic carbocycles. The van der Waals surface area contributed by atoms with Crippen LogP contribution in [0, 0.1) is 0 Å². The predicted octanol–water partition coefficient (Wildman–Crippen LogP) is 3.89. The summed E-state index contributed by atoms with van der Waals surface area (Å²) >= 11 is 0. The topological polar surface area (TPSA) is 38.1 Å².